The first-order valence-corrected chi connectivity index (χ1v) is 13.7. The lowest BCUT2D eigenvalue weighted by Crippen LogP contribution is -2.52. The van der Waals surface area contributed by atoms with E-state index in [9.17, 15) is 18.0 Å². The van der Waals surface area contributed by atoms with E-state index in [0.717, 1.165) is 20.6 Å². The number of methoxy groups -OCH3 is 1. The summed E-state index contributed by atoms with van der Waals surface area (Å²) < 4.78 is 33.0. The van der Waals surface area contributed by atoms with Gasteiger partial charge in [-0.15, -0.1) is 0 Å². The lowest BCUT2D eigenvalue weighted by atomic mass is 10.1. The van der Waals surface area contributed by atoms with E-state index in [1.165, 1.54) is 18.0 Å². The average Bonchev–Trinajstić information content (AvgIpc) is 2.87. The highest BCUT2D eigenvalue weighted by atomic mass is 32.2. The Morgan fingerprint density at radius 1 is 0.973 bits per heavy atom. The Morgan fingerprint density at radius 2 is 1.68 bits per heavy atom. The Hall–Kier alpha value is -3.43. The van der Waals surface area contributed by atoms with Crippen LogP contribution in [0.1, 0.15) is 32.8 Å². The maximum Gasteiger partial charge on any atom is 0.243 e. The molecule has 1 atom stereocenters. The number of nitrogens with zero attached hydrogens (tertiary/aromatic N) is 2. The van der Waals surface area contributed by atoms with E-state index < -0.39 is 28.5 Å². The van der Waals surface area contributed by atoms with Crippen molar-refractivity contribution >= 4 is 32.6 Å². The number of hydrogen-bond acceptors (Lipinski definition) is 5. The molecule has 0 heterocycles. The van der Waals surface area contributed by atoms with Crippen molar-refractivity contribution in [1.29, 1.82) is 0 Å². The second-order valence-electron chi connectivity index (χ2n) is 9.23. The van der Waals surface area contributed by atoms with Gasteiger partial charge >= 0.3 is 0 Å². The molecular formula is C28H35N3O5S. The summed E-state index contributed by atoms with van der Waals surface area (Å²) in [6, 6.07) is 18.7. The zero-order chi connectivity index (χ0) is 27.2. The molecule has 3 aromatic rings. The molecule has 3 rings (SSSR count). The molecule has 0 aliphatic heterocycles. The van der Waals surface area contributed by atoms with Crippen LogP contribution >= 0.6 is 0 Å². The topological polar surface area (TPSA) is 96.0 Å². The molecule has 198 valence electrons. The van der Waals surface area contributed by atoms with Crippen molar-refractivity contribution in [2.75, 3.05) is 20.7 Å². The third kappa shape index (κ3) is 6.87. The van der Waals surface area contributed by atoms with Crippen molar-refractivity contribution in [3.8, 4) is 5.75 Å². The van der Waals surface area contributed by atoms with Gasteiger partial charge in [0.2, 0.25) is 21.8 Å². The Labute approximate surface area is 219 Å². The molecule has 0 spiro atoms. The van der Waals surface area contributed by atoms with Crippen molar-refractivity contribution < 1.29 is 22.7 Å². The van der Waals surface area contributed by atoms with Crippen molar-refractivity contribution in [3.05, 3.63) is 72.3 Å². The Bertz CT molecular complexity index is 1360. The monoisotopic (exact) mass is 525 g/mol. The molecule has 8 nitrogen and oxygen atoms in total. The molecule has 0 aliphatic rings. The summed E-state index contributed by atoms with van der Waals surface area (Å²) in [5.41, 5.74) is 0.767. The Balaban J connectivity index is 1.89. The zero-order valence-corrected chi connectivity index (χ0v) is 22.8. The van der Waals surface area contributed by atoms with Gasteiger partial charge in [-0.3, -0.25) is 9.59 Å². The Morgan fingerprint density at radius 3 is 2.32 bits per heavy atom. The van der Waals surface area contributed by atoms with Gasteiger partial charge in [0, 0.05) is 19.6 Å². The molecule has 0 saturated carbocycles. The molecule has 0 unspecified atom stereocenters. The standard InChI is InChI=1S/C28H35N3O5S/c1-6-26(28(33)29-20(2)3)31(18-21-10-9-13-24(16-21)36-5)27(32)19-30(4)37(34,35)25-15-14-22-11-7-8-12-23(22)17-25/h7-17,20,26H,6,18-19H2,1-5H3,(H,29,33)/t26-/m1/s1. The van der Waals surface area contributed by atoms with Crippen LogP contribution in [0, 0.1) is 0 Å². The minimum absolute atomic E-state index is 0.102. The number of carbonyl (C=O) groups is 2. The van der Waals surface area contributed by atoms with Crippen LogP contribution in [0.15, 0.2) is 71.6 Å². The van der Waals surface area contributed by atoms with Gasteiger partial charge in [0.05, 0.1) is 18.6 Å². The molecule has 0 fully saturated rings. The first kappa shape index (κ1) is 28.1. The van der Waals surface area contributed by atoms with Gasteiger partial charge < -0.3 is 15.0 Å². The number of nitrogens with one attached hydrogen (secondary N) is 1. The first-order valence-electron chi connectivity index (χ1n) is 12.2. The normalized spacial score (nSPS) is 12.5. The predicted molar refractivity (Wildman–Crippen MR) is 145 cm³/mol. The summed E-state index contributed by atoms with van der Waals surface area (Å²) in [6.07, 6.45) is 0.370. The largest absolute Gasteiger partial charge is 0.497 e. The number of fused-ring (bicyclic) bond motifs is 1. The number of hydrogen-bond donors (Lipinski definition) is 1. The van der Waals surface area contributed by atoms with E-state index in [2.05, 4.69) is 5.32 Å². The van der Waals surface area contributed by atoms with Gasteiger partial charge in [-0.05, 0) is 60.9 Å². The van der Waals surface area contributed by atoms with E-state index in [1.54, 1.807) is 31.4 Å². The van der Waals surface area contributed by atoms with Gasteiger partial charge in [-0.1, -0.05) is 49.4 Å². The van der Waals surface area contributed by atoms with Crippen LogP contribution in [0.25, 0.3) is 10.8 Å². The summed E-state index contributed by atoms with van der Waals surface area (Å²) in [6.45, 7) is 5.24. The zero-order valence-electron chi connectivity index (χ0n) is 22.0. The smallest absolute Gasteiger partial charge is 0.243 e. The number of rotatable bonds is 11. The SMILES string of the molecule is CC[C@H](C(=O)NC(C)C)N(Cc1cccc(OC)c1)C(=O)CN(C)S(=O)(=O)c1ccc2ccccc2c1. The summed E-state index contributed by atoms with van der Waals surface area (Å²) in [4.78, 5) is 28.2. The number of ether oxygens (including phenoxy) is 1. The molecule has 0 bridgehead atoms. The fourth-order valence-electron chi connectivity index (χ4n) is 4.14. The molecule has 3 aromatic carbocycles. The average molecular weight is 526 g/mol. The predicted octanol–water partition coefficient (Wildman–Crippen LogP) is 3.80. The minimum Gasteiger partial charge on any atom is -0.497 e. The van der Waals surface area contributed by atoms with E-state index in [1.807, 2.05) is 57.2 Å². The summed E-state index contributed by atoms with van der Waals surface area (Å²) in [7, 11) is -1.02. The molecular weight excluding hydrogens is 490 g/mol. The van der Waals surface area contributed by atoms with E-state index in [-0.39, 0.29) is 23.4 Å². The van der Waals surface area contributed by atoms with Crippen LogP contribution in [-0.2, 0) is 26.2 Å². The van der Waals surface area contributed by atoms with E-state index in [0.29, 0.717) is 12.2 Å². The van der Waals surface area contributed by atoms with Gasteiger partial charge in [-0.2, -0.15) is 4.31 Å². The number of carbonyl (C=O) groups excluding carboxylic acids is 2. The van der Waals surface area contributed by atoms with Crippen LogP contribution < -0.4 is 10.1 Å². The van der Waals surface area contributed by atoms with Crippen molar-refractivity contribution in [2.24, 2.45) is 0 Å². The van der Waals surface area contributed by atoms with Crippen molar-refractivity contribution in [1.82, 2.24) is 14.5 Å². The number of benzene rings is 3. The second-order valence-corrected chi connectivity index (χ2v) is 11.3. The van der Waals surface area contributed by atoms with Gasteiger partial charge in [-0.25, -0.2) is 8.42 Å². The lowest BCUT2D eigenvalue weighted by molar-refractivity contribution is -0.141. The van der Waals surface area contributed by atoms with Crippen LogP contribution in [0.2, 0.25) is 0 Å². The lowest BCUT2D eigenvalue weighted by Gasteiger charge is -2.32. The molecule has 1 N–H and O–H groups in total. The molecule has 37 heavy (non-hydrogen) atoms. The molecule has 0 saturated heterocycles. The third-order valence-corrected chi connectivity index (χ3v) is 7.89. The van der Waals surface area contributed by atoms with E-state index in [4.69, 9.17) is 4.74 Å². The highest BCUT2D eigenvalue weighted by Gasteiger charge is 2.32. The highest BCUT2D eigenvalue weighted by Crippen LogP contribution is 2.22. The maximum atomic E-state index is 13.6. The second kappa shape index (κ2) is 12.2. The molecule has 0 radical (unpaired) electrons. The molecule has 0 aromatic heterocycles. The number of likely N-dealkylation sites (N-methyl/N-ethyl adjacent to an activating group) is 1. The fourth-order valence-corrected chi connectivity index (χ4v) is 5.30. The van der Waals surface area contributed by atoms with Gasteiger partial charge in [0.25, 0.3) is 0 Å². The van der Waals surface area contributed by atoms with Crippen molar-refractivity contribution in [3.63, 3.8) is 0 Å². The first-order chi connectivity index (χ1) is 17.6. The Kier molecular flexibility index (Phi) is 9.29. The summed E-state index contributed by atoms with van der Waals surface area (Å²) in [5, 5.41) is 4.59. The van der Waals surface area contributed by atoms with Gasteiger partial charge in [0.1, 0.15) is 11.8 Å². The van der Waals surface area contributed by atoms with Crippen LogP contribution in [0.4, 0.5) is 0 Å². The quantitative estimate of drug-likeness (QED) is 0.411. The molecule has 2 amide bonds. The fraction of sp³-hybridized carbons (Fsp3) is 0.357. The number of sulfonamides is 1. The highest BCUT2D eigenvalue weighted by molar-refractivity contribution is 7.89. The number of amides is 2. The van der Waals surface area contributed by atoms with Gasteiger partial charge in [0.15, 0.2) is 0 Å². The van der Waals surface area contributed by atoms with Crippen LogP contribution in [-0.4, -0.2) is 62.2 Å². The molecule has 9 heteroatoms. The third-order valence-electron chi connectivity index (χ3n) is 6.09. The maximum absolute atomic E-state index is 13.6. The van der Waals surface area contributed by atoms with E-state index >= 15 is 0 Å². The van der Waals surface area contributed by atoms with Crippen LogP contribution in [0.3, 0.4) is 0 Å². The summed E-state index contributed by atoms with van der Waals surface area (Å²) >= 11 is 0. The summed E-state index contributed by atoms with van der Waals surface area (Å²) in [5.74, 6) is -0.130. The van der Waals surface area contributed by atoms with Crippen molar-refractivity contribution in [2.45, 2.75) is 50.7 Å². The van der Waals surface area contributed by atoms with Crippen LogP contribution in [0.5, 0.6) is 5.75 Å². The minimum atomic E-state index is -3.95. The molecule has 0 aliphatic carbocycles.